The quantitative estimate of drug-likeness (QED) is 0.763. The topological polar surface area (TPSA) is 29.5 Å². The number of hydrogen-bond donors (Lipinski definition) is 0. The van der Waals surface area contributed by atoms with E-state index in [4.69, 9.17) is 16.3 Å². The molecule has 1 aromatic carbocycles. The first-order chi connectivity index (χ1) is 9.37. The van der Waals surface area contributed by atoms with Gasteiger partial charge in [-0.15, -0.1) is 0 Å². The molecule has 0 atom stereocenters. The van der Waals surface area contributed by atoms with Crippen LogP contribution in [0, 0.1) is 0 Å². The van der Waals surface area contributed by atoms with Crippen molar-refractivity contribution in [1.82, 2.24) is 0 Å². The summed E-state index contributed by atoms with van der Waals surface area (Å²) in [5.41, 5.74) is 1.01. The summed E-state index contributed by atoms with van der Waals surface area (Å²) in [6.45, 7) is 7.57. The standard InChI is InChI=1S/C16H22ClNO2/c1-16(2,3)20-15(19)13-8-7-12(17)11-14(13)18-9-5-4-6-10-18/h7-8,11H,4-6,9-10H2,1-3H3. The zero-order valence-corrected chi connectivity index (χ0v) is 13.2. The van der Waals surface area contributed by atoms with Crippen LogP contribution < -0.4 is 4.90 Å². The number of carbonyl (C=O) groups is 1. The van der Waals surface area contributed by atoms with Crippen LogP contribution in [0.25, 0.3) is 0 Å². The van der Waals surface area contributed by atoms with Gasteiger partial charge in [-0.25, -0.2) is 4.79 Å². The molecule has 1 aliphatic rings. The van der Waals surface area contributed by atoms with Crippen molar-refractivity contribution in [3.63, 3.8) is 0 Å². The monoisotopic (exact) mass is 295 g/mol. The predicted octanol–water partition coefficient (Wildman–Crippen LogP) is 4.29. The Balaban J connectivity index is 2.30. The maximum absolute atomic E-state index is 12.3. The van der Waals surface area contributed by atoms with Gasteiger partial charge in [0.2, 0.25) is 0 Å². The van der Waals surface area contributed by atoms with Crippen molar-refractivity contribution in [3.05, 3.63) is 28.8 Å². The number of esters is 1. The second-order valence-corrected chi connectivity index (χ2v) is 6.65. The minimum Gasteiger partial charge on any atom is -0.456 e. The number of rotatable bonds is 2. The van der Waals surface area contributed by atoms with Gasteiger partial charge in [-0.1, -0.05) is 11.6 Å². The molecule has 2 rings (SSSR count). The van der Waals surface area contributed by atoms with Crippen LogP contribution in [0.4, 0.5) is 5.69 Å². The smallest absolute Gasteiger partial charge is 0.340 e. The fourth-order valence-corrected chi connectivity index (χ4v) is 2.57. The van der Waals surface area contributed by atoms with Crippen LogP contribution in [-0.4, -0.2) is 24.7 Å². The molecule has 1 fully saturated rings. The second kappa shape index (κ2) is 6.04. The summed E-state index contributed by atoms with van der Waals surface area (Å²) in [5.74, 6) is -0.283. The summed E-state index contributed by atoms with van der Waals surface area (Å²) in [6, 6.07) is 5.38. The van der Waals surface area contributed by atoms with Crippen molar-refractivity contribution in [3.8, 4) is 0 Å². The molecule has 0 amide bonds. The van der Waals surface area contributed by atoms with Crippen LogP contribution in [0.3, 0.4) is 0 Å². The number of hydrogen-bond acceptors (Lipinski definition) is 3. The van der Waals surface area contributed by atoms with Crippen LogP contribution in [-0.2, 0) is 4.74 Å². The molecule has 20 heavy (non-hydrogen) atoms. The highest BCUT2D eigenvalue weighted by atomic mass is 35.5. The highest BCUT2D eigenvalue weighted by molar-refractivity contribution is 6.31. The molecule has 110 valence electrons. The molecule has 1 aliphatic heterocycles. The van der Waals surface area contributed by atoms with Crippen LogP contribution in [0.15, 0.2) is 18.2 Å². The summed E-state index contributed by atoms with van der Waals surface area (Å²) < 4.78 is 5.49. The van der Waals surface area contributed by atoms with E-state index in [1.54, 1.807) is 12.1 Å². The van der Waals surface area contributed by atoms with E-state index in [1.165, 1.54) is 6.42 Å². The Morgan fingerprint density at radius 3 is 2.45 bits per heavy atom. The molecule has 0 spiro atoms. The summed E-state index contributed by atoms with van der Waals surface area (Å²) in [7, 11) is 0. The van der Waals surface area contributed by atoms with E-state index in [2.05, 4.69) is 4.90 Å². The molecule has 1 heterocycles. The van der Waals surface area contributed by atoms with Gasteiger partial charge < -0.3 is 9.64 Å². The molecule has 0 unspecified atom stereocenters. The lowest BCUT2D eigenvalue weighted by Gasteiger charge is -2.31. The SMILES string of the molecule is CC(C)(C)OC(=O)c1ccc(Cl)cc1N1CCCCC1. The maximum atomic E-state index is 12.3. The molecule has 3 nitrogen and oxygen atoms in total. The summed E-state index contributed by atoms with van der Waals surface area (Å²) in [5, 5.41) is 0.651. The number of ether oxygens (including phenoxy) is 1. The first-order valence-corrected chi connectivity index (χ1v) is 7.52. The lowest BCUT2D eigenvalue weighted by Crippen LogP contribution is -2.32. The Labute approximate surface area is 125 Å². The van der Waals surface area contributed by atoms with Gasteiger partial charge >= 0.3 is 5.97 Å². The van der Waals surface area contributed by atoms with Crippen molar-refractivity contribution in [2.45, 2.75) is 45.6 Å². The lowest BCUT2D eigenvalue weighted by atomic mass is 10.1. The molecule has 0 radical (unpaired) electrons. The van der Waals surface area contributed by atoms with Gasteiger partial charge in [0.05, 0.1) is 11.3 Å². The van der Waals surface area contributed by atoms with Gasteiger partial charge in [-0.05, 0) is 58.2 Å². The lowest BCUT2D eigenvalue weighted by molar-refractivity contribution is 0.00703. The number of carbonyl (C=O) groups excluding carboxylic acids is 1. The first kappa shape index (κ1) is 15.2. The average molecular weight is 296 g/mol. The first-order valence-electron chi connectivity index (χ1n) is 7.15. The van der Waals surface area contributed by atoms with Gasteiger partial charge in [-0.2, -0.15) is 0 Å². The Bertz CT molecular complexity index is 488. The molecule has 4 heteroatoms. The summed E-state index contributed by atoms with van der Waals surface area (Å²) in [4.78, 5) is 14.6. The van der Waals surface area contributed by atoms with Gasteiger partial charge in [0.25, 0.3) is 0 Å². The van der Waals surface area contributed by atoms with Gasteiger partial charge in [0.1, 0.15) is 5.60 Å². The Kier molecular flexibility index (Phi) is 4.59. The van der Waals surface area contributed by atoms with Gasteiger partial charge in [0, 0.05) is 18.1 Å². The van der Waals surface area contributed by atoms with E-state index >= 15 is 0 Å². The second-order valence-electron chi connectivity index (χ2n) is 6.21. The molecule has 0 N–H and O–H groups in total. The molecule has 0 saturated carbocycles. The van der Waals surface area contributed by atoms with Crippen molar-refractivity contribution in [2.24, 2.45) is 0 Å². The average Bonchev–Trinajstić information content (AvgIpc) is 2.37. The maximum Gasteiger partial charge on any atom is 0.340 e. The van der Waals surface area contributed by atoms with Gasteiger partial charge in [-0.3, -0.25) is 0 Å². The highest BCUT2D eigenvalue weighted by Gasteiger charge is 2.23. The van der Waals surface area contributed by atoms with Crippen molar-refractivity contribution >= 4 is 23.3 Å². The van der Waals surface area contributed by atoms with Crippen molar-refractivity contribution < 1.29 is 9.53 Å². The Hall–Kier alpha value is -1.22. The Morgan fingerprint density at radius 1 is 1.20 bits per heavy atom. The minimum atomic E-state index is -0.490. The van der Waals surface area contributed by atoms with E-state index < -0.39 is 5.60 Å². The van der Waals surface area contributed by atoms with Crippen molar-refractivity contribution in [1.29, 1.82) is 0 Å². The van der Waals surface area contributed by atoms with E-state index in [0.29, 0.717) is 10.6 Å². The van der Waals surface area contributed by atoms with Crippen LogP contribution in [0.5, 0.6) is 0 Å². The van der Waals surface area contributed by atoms with E-state index in [1.807, 2.05) is 26.8 Å². The fraction of sp³-hybridized carbons (Fsp3) is 0.562. The number of anilines is 1. The Morgan fingerprint density at radius 2 is 1.85 bits per heavy atom. The molecular weight excluding hydrogens is 274 g/mol. The normalized spacial score (nSPS) is 16.1. The predicted molar refractivity (Wildman–Crippen MR) is 82.7 cm³/mol. The minimum absolute atomic E-state index is 0.283. The molecule has 0 aliphatic carbocycles. The molecule has 1 saturated heterocycles. The molecular formula is C16H22ClNO2. The number of benzene rings is 1. The molecule has 1 aromatic rings. The summed E-state index contributed by atoms with van der Waals surface area (Å²) >= 11 is 6.10. The number of halogens is 1. The highest BCUT2D eigenvalue weighted by Crippen LogP contribution is 2.29. The summed E-state index contributed by atoms with van der Waals surface area (Å²) in [6.07, 6.45) is 3.55. The van der Waals surface area contributed by atoms with Crippen molar-refractivity contribution in [2.75, 3.05) is 18.0 Å². The number of nitrogens with zero attached hydrogens (tertiary/aromatic N) is 1. The van der Waals surface area contributed by atoms with Gasteiger partial charge in [0.15, 0.2) is 0 Å². The third-order valence-electron chi connectivity index (χ3n) is 3.28. The molecule has 0 aromatic heterocycles. The van der Waals surface area contributed by atoms with E-state index in [-0.39, 0.29) is 5.97 Å². The third kappa shape index (κ3) is 3.89. The number of piperidine rings is 1. The fourth-order valence-electron chi connectivity index (χ4n) is 2.41. The van der Waals surface area contributed by atoms with Crippen LogP contribution in [0.1, 0.15) is 50.4 Å². The molecule has 0 bridgehead atoms. The third-order valence-corrected chi connectivity index (χ3v) is 3.51. The van der Waals surface area contributed by atoms with Crippen LogP contribution >= 0.6 is 11.6 Å². The van der Waals surface area contributed by atoms with E-state index in [9.17, 15) is 4.79 Å². The van der Waals surface area contributed by atoms with E-state index in [0.717, 1.165) is 31.6 Å². The van der Waals surface area contributed by atoms with Crippen LogP contribution in [0.2, 0.25) is 5.02 Å². The zero-order chi connectivity index (χ0) is 14.8. The zero-order valence-electron chi connectivity index (χ0n) is 12.4. The largest absolute Gasteiger partial charge is 0.456 e.